The second-order valence-electron chi connectivity index (χ2n) is 5.09. The van der Waals surface area contributed by atoms with E-state index in [9.17, 15) is 14.7 Å². The predicted octanol–water partition coefficient (Wildman–Crippen LogP) is 2.02. The molecule has 1 aliphatic heterocycles. The molecule has 6 nitrogen and oxygen atoms in total. The number of halogens is 1. The smallest absolute Gasteiger partial charge is 0.330 e. The van der Waals surface area contributed by atoms with Crippen molar-refractivity contribution >= 4 is 23.5 Å². The molecule has 1 heterocycles. The van der Waals surface area contributed by atoms with Crippen LogP contribution in [0.3, 0.4) is 0 Å². The monoisotopic (exact) mass is 327 g/mol. The SMILES string of the molecule is COc1ccc([C@@H](NC(=O)[C@@H]2CCCOC2)C(=O)O)cc1Cl. The Morgan fingerprint density at radius 1 is 1.50 bits per heavy atom. The summed E-state index contributed by atoms with van der Waals surface area (Å²) < 4.78 is 10.3. The van der Waals surface area contributed by atoms with E-state index >= 15 is 0 Å². The van der Waals surface area contributed by atoms with E-state index in [1.807, 2.05) is 0 Å². The molecular formula is C15H18ClNO5. The largest absolute Gasteiger partial charge is 0.495 e. The fourth-order valence-corrected chi connectivity index (χ4v) is 2.62. The Labute approximate surface area is 133 Å². The van der Waals surface area contributed by atoms with Crippen molar-refractivity contribution in [2.45, 2.75) is 18.9 Å². The molecule has 7 heteroatoms. The number of aliphatic carboxylic acids is 1. The van der Waals surface area contributed by atoms with Gasteiger partial charge in [0, 0.05) is 6.61 Å². The van der Waals surface area contributed by atoms with Gasteiger partial charge in [-0.15, -0.1) is 0 Å². The summed E-state index contributed by atoms with van der Waals surface area (Å²) in [6.07, 6.45) is 1.49. The maximum Gasteiger partial charge on any atom is 0.330 e. The van der Waals surface area contributed by atoms with E-state index in [2.05, 4.69) is 5.32 Å². The van der Waals surface area contributed by atoms with Gasteiger partial charge in [0.15, 0.2) is 6.04 Å². The number of carboxylic acid groups (broad SMARTS) is 1. The van der Waals surface area contributed by atoms with Crippen LogP contribution in [0.2, 0.25) is 5.02 Å². The number of carbonyl (C=O) groups excluding carboxylic acids is 1. The molecular weight excluding hydrogens is 310 g/mol. The van der Waals surface area contributed by atoms with E-state index < -0.39 is 12.0 Å². The van der Waals surface area contributed by atoms with Crippen molar-refractivity contribution in [2.75, 3.05) is 20.3 Å². The second-order valence-corrected chi connectivity index (χ2v) is 5.50. The molecule has 1 amide bonds. The number of amides is 1. The number of hydrogen-bond acceptors (Lipinski definition) is 4. The molecule has 1 saturated heterocycles. The van der Waals surface area contributed by atoms with Gasteiger partial charge in [-0.3, -0.25) is 4.79 Å². The van der Waals surface area contributed by atoms with Crippen LogP contribution < -0.4 is 10.1 Å². The number of nitrogens with one attached hydrogen (secondary N) is 1. The Hall–Kier alpha value is -1.79. The average molecular weight is 328 g/mol. The lowest BCUT2D eigenvalue weighted by Crippen LogP contribution is -2.40. The van der Waals surface area contributed by atoms with Gasteiger partial charge in [-0.2, -0.15) is 0 Å². The van der Waals surface area contributed by atoms with E-state index in [4.69, 9.17) is 21.1 Å². The fourth-order valence-electron chi connectivity index (χ4n) is 2.36. The number of hydrogen-bond donors (Lipinski definition) is 2. The molecule has 1 aromatic carbocycles. The van der Waals surface area contributed by atoms with Crippen molar-refractivity contribution < 1.29 is 24.2 Å². The maximum absolute atomic E-state index is 12.2. The molecule has 0 unspecified atom stereocenters. The molecule has 0 saturated carbocycles. The van der Waals surface area contributed by atoms with Crippen molar-refractivity contribution in [3.63, 3.8) is 0 Å². The summed E-state index contributed by atoms with van der Waals surface area (Å²) in [4.78, 5) is 23.6. The Balaban J connectivity index is 2.14. The first-order valence-corrected chi connectivity index (χ1v) is 7.35. The maximum atomic E-state index is 12.2. The number of carbonyl (C=O) groups is 2. The van der Waals surface area contributed by atoms with Crippen LogP contribution in [0.15, 0.2) is 18.2 Å². The number of rotatable bonds is 5. The molecule has 2 rings (SSSR count). The van der Waals surface area contributed by atoms with Crippen molar-refractivity contribution in [1.82, 2.24) is 5.32 Å². The molecule has 1 aliphatic rings. The number of carboxylic acids is 1. The summed E-state index contributed by atoms with van der Waals surface area (Å²) in [5, 5.41) is 12.2. The van der Waals surface area contributed by atoms with Gasteiger partial charge in [0.05, 0.1) is 24.7 Å². The molecule has 120 valence electrons. The van der Waals surface area contributed by atoms with Crippen LogP contribution in [0, 0.1) is 5.92 Å². The molecule has 0 spiro atoms. The van der Waals surface area contributed by atoms with E-state index in [1.54, 1.807) is 12.1 Å². The normalized spacial score (nSPS) is 19.3. The summed E-state index contributed by atoms with van der Waals surface area (Å²) in [5.41, 5.74) is 0.392. The van der Waals surface area contributed by atoms with Crippen LogP contribution in [-0.4, -0.2) is 37.3 Å². The molecule has 0 radical (unpaired) electrons. The standard InChI is InChI=1S/C15H18ClNO5/c1-21-12-5-4-9(7-11(12)16)13(15(19)20)17-14(18)10-3-2-6-22-8-10/h4-5,7,10,13H,2-3,6,8H2,1H3,(H,17,18)(H,19,20)/t10-,13-/m1/s1. The van der Waals surface area contributed by atoms with Gasteiger partial charge in [0.2, 0.25) is 5.91 Å². The van der Waals surface area contributed by atoms with Crippen LogP contribution in [0.1, 0.15) is 24.4 Å². The van der Waals surface area contributed by atoms with E-state index in [-0.39, 0.29) is 11.8 Å². The first-order valence-electron chi connectivity index (χ1n) is 6.97. The lowest BCUT2D eigenvalue weighted by molar-refractivity contribution is -0.143. The zero-order valence-electron chi connectivity index (χ0n) is 12.2. The summed E-state index contributed by atoms with van der Waals surface area (Å²) >= 11 is 6.01. The Morgan fingerprint density at radius 2 is 2.27 bits per heavy atom. The summed E-state index contributed by atoms with van der Waals surface area (Å²) in [6.45, 7) is 0.960. The van der Waals surface area contributed by atoms with Crippen molar-refractivity contribution in [2.24, 2.45) is 5.92 Å². The van der Waals surface area contributed by atoms with Crippen LogP contribution in [-0.2, 0) is 14.3 Å². The van der Waals surface area contributed by atoms with Crippen LogP contribution in [0.25, 0.3) is 0 Å². The van der Waals surface area contributed by atoms with E-state index in [0.717, 1.165) is 6.42 Å². The molecule has 1 aromatic rings. The summed E-state index contributed by atoms with van der Waals surface area (Å²) in [5.74, 6) is -1.34. The molecule has 0 aromatic heterocycles. The minimum atomic E-state index is -1.15. The van der Waals surface area contributed by atoms with E-state index in [0.29, 0.717) is 36.0 Å². The third kappa shape index (κ3) is 3.90. The van der Waals surface area contributed by atoms with Gasteiger partial charge in [-0.25, -0.2) is 4.79 Å². The quantitative estimate of drug-likeness (QED) is 0.864. The Bertz CT molecular complexity index is 557. The van der Waals surface area contributed by atoms with Crippen molar-refractivity contribution in [1.29, 1.82) is 0 Å². The lowest BCUT2D eigenvalue weighted by atomic mass is 9.99. The highest BCUT2D eigenvalue weighted by atomic mass is 35.5. The molecule has 1 fully saturated rings. The van der Waals surface area contributed by atoms with E-state index in [1.165, 1.54) is 13.2 Å². The minimum absolute atomic E-state index is 0.293. The van der Waals surface area contributed by atoms with Gasteiger partial charge in [-0.05, 0) is 30.5 Å². The molecule has 0 bridgehead atoms. The minimum Gasteiger partial charge on any atom is -0.495 e. The van der Waals surface area contributed by atoms with Gasteiger partial charge in [-0.1, -0.05) is 17.7 Å². The Morgan fingerprint density at radius 3 is 2.82 bits per heavy atom. The lowest BCUT2D eigenvalue weighted by Gasteiger charge is -2.23. The average Bonchev–Trinajstić information content (AvgIpc) is 2.52. The fraction of sp³-hybridized carbons (Fsp3) is 0.467. The van der Waals surface area contributed by atoms with Crippen LogP contribution >= 0.6 is 11.6 Å². The highest BCUT2D eigenvalue weighted by molar-refractivity contribution is 6.32. The van der Waals surface area contributed by atoms with Crippen molar-refractivity contribution in [3.8, 4) is 5.75 Å². The molecule has 0 aliphatic carbocycles. The summed E-state index contributed by atoms with van der Waals surface area (Å²) in [6, 6.07) is 3.47. The number of methoxy groups -OCH3 is 1. The summed E-state index contributed by atoms with van der Waals surface area (Å²) in [7, 11) is 1.47. The Kier molecular flexibility index (Phi) is 5.63. The molecule has 22 heavy (non-hydrogen) atoms. The third-order valence-electron chi connectivity index (χ3n) is 3.57. The predicted molar refractivity (Wildman–Crippen MR) is 80.1 cm³/mol. The molecule has 2 N–H and O–H groups in total. The van der Waals surface area contributed by atoms with Crippen LogP contribution in [0.4, 0.5) is 0 Å². The topological polar surface area (TPSA) is 84.9 Å². The number of benzene rings is 1. The third-order valence-corrected chi connectivity index (χ3v) is 3.87. The second kappa shape index (κ2) is 7.47. The molecule has 2 atom stereocenters. The van der Waals surface area contributed by atoms with Gasteiger partial charge < -0.3 is 19.9 Å². The van der Waals surface area contributed by atoms with Gasteiger partial charge in [0.25, 0.3) is 0 Å². The zero-order chi connectivity index (χ0) is 16.1. The first kappa shape index (κ1) is 16.6. The van der Waals surface area contributed by atoms with Crippen LogP contribution in [0.5, 0.6) is 5.75 Å². The van der Waals surface area contributed by atoms with Crippen molar-refractivity contribution in [3.05, 3.63) is 28.8 Å². The first-order chi connectivity index (χ1) is 10.5. The highest BCUT2D eigenvalue weighted by Gasteiger charge is 2.28. The highest BCUT2D eigenvalue weighted by Crippen LogP contribution is 2.28. The van der Waals surface area contributed by atoms with Gasteiger partial charge in [0.1, 0.15) is 5.75 Å². The van der Waals surface area contributed by atoms with Gasteiger partial charge >= 0.3 is 5.97 Å². The number of ether oxygens (including phenoxy) is 2. The zero-order valence-corrected chi connectivity index (χ0v) is 12.9.